The average molecular weight is 271 g/mol. The van der Waals surface area contributed by atoms with E-state index in [0.717, 1.165) is 31.6 Å². The molecule has 1 spiro atoms. The number of hydrogen-bond acceptors (Lipinski definition) is 3. The first-order chi connectivity index (χ1) is 9.49. The van der Waals surface area contributed by atoms with Crippen LogP contribution < -0.4 is 10.6 Å². The van der Waals surface area contributed by atoms with Gasteiger partial charge < -0.3 is 15.5 Å². The highest BCUT2D eigenvalue weighted by Crippen LogP contribution is 2.36. The van der Waals surface area contributed by atoms with Crippen LogP contribution in [0.1, 0.15) is 43.7 Å². The third kappa shape index (κ3) is 2.31. The van der Waals surface area contributed by atoms with Crippen molar-refractivity contribution in [3.8, 4) is 0 Å². The van der Waals surface area contributed by atoms with Crippen molar-refractivity contribution >= 4 is 11.4 Å². The van der Waals surface area contributed by atoms with Gasteiger partial charge in [0.1, 0.15) is 5.66 Å². The molecule has 0 bridgehead atoms. The van der Waals surface area contributed by atoms with Crippen molar-refractivity contribution in [3.63, 3.8) is 0 Å². The zero-order valence-corrected chi connectivity index (χ0v) is 12.8. The maximum absolute atomic E-state index is 4.26. The summed E-state index contributed by atoms with van der Waals surface area (Å²) in [6.45, 7) is 11.0. The molecule has 2 aliphatic heterocycles. The van der Waals surface area contributed by atoms with Crippen LogP contribution in [0.5, 0.6) is 0 Å². The molecule has 0 unspecified atom stereocenters. The summed E-state index contributed by atoms with van der Waals surface area (Å²) in [6, 6.07) is 6.72. The lowest BCUT2D eigenvalue weighted by Gasteiger charge is -2.47. The second-order valence-electron chi connectivity index (χ2n) is 6.57. The normalized spacial score (nSPS) is 21.5. The second kappa shape index (κ2) is 4.81. The van der Waals surface area contributed by atoms with Gasteiger partial charge >= 0.3 is 0 Å². The molecule has 0 aliphatic carbocycles. The Labute approximate surface area is 122 Å². The molecular weight excluding hydrogens is 246 g/mol. The monoisotopic (exact) mass is 271 g/mol. The fourth-order valence-electron chi connectivity index (χ4n) is 3.18. The van der Waals surface area contributed by atoms with Crippen LogP contribution in [0.2, 0.25) is 0 Å². The van der Waals surface area contributed by atoms with E-state index in [4.69, 9.17) is 0 Å². The zero-order valence-electron chi connectivity index (χ0n) is 12.8. The van der Waals surface area contributed by atoms with Crippen LogP contribution in [0.25, 0.3) is 5.70 Å². The summed E-state index contributed by atoms with van der Waals surface area (Å²) in [6.07, 6.45) is 2.21. The molecule has 3 rings (SSSR count). The van der Waals surface area contributed by atoms with E-state index in [1.165, 1.54) is 16.8 Å². The summed E-state index contributed by atoms with van der Waals surface area (Å²) in [7, 11) is 2.19. The van der Waals surface area contributed by atoms with Crippen molar-refractivity contribution in [2.24, 2.45) is 0 Å². The molecule has 0 atom stereocenters. The first kappa shape index (κ1) is 13.5. The summed E-state index contributed by atoms with van der Waals surface area (Å²) in [5.41, 5.74) is 4.87. The lowest BCUT2D eigenvalue weighted by atomic mass is 9.90. The van der Waals surface area contributed by atoms with Gasteiger partial charge in [0.15, 0.2) is 0 Å². The van der Waals surface area contributed by atoms with Gasteiger partial charge in [-0.3, -0.25) is 0 Å². The second-order valence-corrected chi connectivity index (χ2v) is 6.57. The van der Waals surface area contributed by atoms with Gasteiger partial charge in [-0.1, -0.05) is 26.5 Å². The molecule has 0 aromatic heterocycles. The molecule has 2 N–H and O–H groups in total. The molecule has 1 aromatic rings. The van der Waals surface area contributed by atoms with Gasteiger partial charge in [0.05, 0.1) is 0 Å². The first-order valence-corrected chi connectivity index (χ1v) is 7.57. The average Bonchev–Trinajstić information content (AvgIpc) is 2.42. The molecule has 2 aliphatic rings. The van der Waals surface area contributed by atoms with Crippen LogP contribution in [-0.2, 0) is 0 Å². The Morgan fingerprint density at radius 2 is 1.90 bits per heavy atom. The van der Waals surface area contributed by atoms with Gasteiger partial charge in [0.2, 0.25) is 0 Å². The predicted molar refractivity (Wildman–Crippen MR) is 85.8 cm³/mol. The van der Waals surface area contributed by atoms with Crippen molar-refractivity contribution in [2.75, 3.05) is 25.5 Å². The van der Waals surface area contributed by atoms with Crippen molar-refractivity contribution < 1.29 is 0 Å². The summed E-state index contributed by atoms with van der Waals surface area (Å²) >= 11 is 0. The van der Waals surface area contributed by atoms with Gasteiger partial charge in [0.25, 0.3) is 0 Å². The van der Waals surface area contributed by atoms with E-state index in [1.54, 1.807) is 0 Å². The van der Waals surface area contributed by atoms with Crippen LogP contribution in [-0.4, -0.2) is 30.7 Å². The molecule has 3 heteroatoms. The van der Waals surface area contributed by atoms with Crippen molar-refractivity contribution in [1.82, 2.24) is 10.2 Å². The van der Waals surface area contributed by atoms with Gasteiger partial charge in [0, 0.05) is 42.9 Å². The first-order valence-electron chi connectivity index (χ1n) is 7.57. The number of nitrogens with zero attached hydrogens (tertiary/aromatic N) is 1. The topological polar surface area (TPSA) is 27.3 Å². The Kier molecular flexibility index (Phi) is 3.25. The van der Waals surface area contributed by atoms with Gasteiger partial charge in [-0.25, -0.2) is 0 Å². The number of rotatable bonds is 1. The van der Waals surface area contributed by atoms with E-state index in [9.17, 15) is 0 Å². The third-order valence-corrected chi connectivity index (χ3v) is 4.64. The third-order valence-electron chi connectivity index (χ3n) is 4.64. The quantitative estimate of drug-likeness (QED) is 0.821. The van der Waals surface area contributed by atoms with Crippen LogP contribution in [0, 0.1) is 0 Å². The molecule has 1 saturated heterocycles. The Morgan fingerprint density at radius 1 is 1.20 bits per heavy atom. The zero-order chi connectivity index (χ0) is 14.3. The minimum atomic E-state index is -0.00403. The summed E-state index contributed by atoms with van der Waals surface area (Å²) < 4.78 is 0. The van der Waals surface area contributed by atoms with E-state index >= 15 is 0 Å². The smallest absolute Gasteiger partial charge is 0.110 e. The lowest BCUT2D eigenvalue weighted by Crippen LogP contribution is -2.58. The van der Waals surface area contributed by atoms with Gasteiger partial charge in [-0.2, -0.15) is 0 Å². The SMILES string of the molecule is C=C1NC2(CCN(C)CC2)Nc2ccc(C(C)C)cc21. The molecule has 3 nitrogen and oxygen atoms in total. The highest BCUT2D eigenvalue weighted by atomic mass is 15.3. The molecule has 20 heavy (non-hydrogen) atoms. The van der Waals surface area contributed by atoms with Crippen molar-refractivity contribution in [2.45, 2.75) is 38.3 Å². The number of anilines is 1. The maximum Gasteiger partial charge on any atom is 0.110 e. The largest absolute Gasteiger partial charge is 0.363 e. The van der Waals surface area contributed by atoms with Crippen LogP contribution in [0.3, 0.4) is 0 Å². The highest BCUT2D eigenvalue weighted by molar-refractivity contribution is 5.78. The molecule has 0 radical (unpaired) electrons. The standard InChI is InChI=1S/C17H25N3/c1-12(2)14-5-6-16-15(11-14)13(3)18-17(19-16)7-9-20(4)10-8-17/h5-6,11-12,18-19H,3,7-10H2,1-2,4H3. The van der Waals surface area contributed by atoms with E-state index in [1.807, 2.05) is 0 Å². The molecule has 1 aromatic carbocycles. The number of fused-ring (bicyclic) bond motifs is 1. The summed E-state index contributed by atoms with van der Waals surface area (Å²) in [5.74, 6) is 0.548. The Balaban J connectivity index is 1.90. The Bertz CT molecular complexity index is 525. The lowest BCUT2D eigenvalue weighted by molar-refractivity contribution is 0.190. The van der Waals surface area contributed by atoms with Crippen LogP contribution >= 0.6 is 0 Å². The number of benzene rings is 1. The van der Waals surface area contributed by atoms with Crippen molar-refractivity contribution in [1.29, 1.82) is 0 Å². The fourth-order valence-corrected chi connectivity index (χ4v) is 3.18. The summed E-state index contributed by atoms with van der Waals surface area (Å²) in [4.78, 5) is 2.38. The van der Waals surface area contributed by atoms with Gasteiger partial charge in [-0.15, -0.1) is 0 Å². The maximum atomic E-state index is 4.26. The number of nitrogens with one attached hydrogen (secondary N) is 2. The molecule has 0 saturated carbocycles. The van der Waals surface area contributed by atoms with E-state index in [0.29, 0.717) is 5.92 Å². The fraction of sp³-hybridized carbons (Fsp3) is 0.529. The Hall–Kier alpha value is -1.48. The van der Waals surface area contributed by atoms with Crippen LogP contribution in [0.15, 0.2) is 24.8 Å². The highest BCUT2D eigenvalue weighted by Gasteiger charge is 2.37. The molecule has 108 valence electrons. The molecule has 0 amide bonds. The molecular formula is C17H25N3. The van der Waals surface area contributed by atoms with Crippen molar-refractivity contribution in [3.05, 3.63) is 35.9 Å². The summed E-state index contributed by atoms with van der Waals surface area (Å²) in [5, 5.41) is 7.37. The number of hydrogen-bond donors (Lipinski definition) is 2. The Morgan fingerprint density at radius 3 is 2.55 bits per heavy atom. The number of likely N-dealkylation sites (tertiary alicyclic amines) is 1. The van der Waals surface area contributed by atoms with E-state index in [2.05, 4.69) is 61.2 Å². The molecule has 2 heterocycles. The van der Waals surface area contributed by atoms with Gasteiger partial charge in [-0.05, 0) is 30.7 Å². The molecule has 1 fully saturated rings. The van der Waals surface area contributed by atoms with E-state index < -0.39 is 0 Å². The van der Waals surface area contributed by atoms with Crippen LogP contribution in [0.4, 0.5) is 5.69 Å². The number of piperidine rings is 1. The van der Waals surface area contributed by atoms with E-state index in [-0.39, 0.29) is 5.66 Å². The predicted octanol–water partition coefficient (Wildman–Crippen LogP) is 3.22. The minimum Gasteiger partial charge on any atom is -0.363 e. The minimum absolute atomic E-state index is 0.00403.